The number of carbonyl (C=O) groups excluding carboxylic acids is 1. The van der Waals surface area contributed by atoms with Crippen LogP contribution in [0.15, 0.2) is 29.1 Å². The Morgan fingerprint density at radius 2 is 1.88 bits per heavy atom. The molecule has 26 heavy (non-hydrogen) atoms. The van der Waals surface area contributed by atoms with E-state index in [4.69, 9.17) is 4.98 Å². The van der Waals surface area contributed by atoms with Gasteiger partial charge in [0.15, 0.2) is 0 Å². The maximum absolute atomic E-state index is 12.9. The quantitative estimate of drug-likeness (QED) is 0.629. The molecule has 0 aliphatic rings. The highest BCUT2D eigenvalue weighted by Crippen LogP contribution is 2.20. The second kappa shape index (κ2) is 9.51. The Morgan fingerprint density at radius 1 is 1.15 bits per heavy atom. The van der Waals surface area contributed by atoms with E-state index < -0.39 is 0 Å². The molecule has 0 saturated carbocycles. The van der Waals surface area contributed by atoms with Crippen molar-refractivity contribution < 1.29 is 4.79 Å². The van der Waals surface area contributed by atoms with Crippen LogP contribution in [0, 0.1) is 0 Å². The molecule has 5 heteroatoms. The first kappa shape index (κ1) is 20.1. The van der Waals surface area contributed by atoms with Crippen LogP contribution in [0.3, 0.4) is 0 Å². The molecule has 0 aliphatic heterocycles. The predicted octanol–water partition coefficient (Wildman–Crippen LogP) is 4.30. The monoisotopic (exact) mass is 357 g/mol. The van der Waals surface area contributed by atoms with E-state index in [-0.39, 0.29) is 17.5 Å². The van der Waals surface area contributed by atoms with Crippen molar-refractivity contribution in [3.05, 3.63) is 40.4 Å². The topological polar surface area (TPSA) is 55.2 Å². The summed E-state index contributed by atoms with van der Waals surface area (Å²) in [5, 5.41) is 0.630. The maximum atomic E-state index is 12.9. The molecule has 2 aromatic rings. The van der Waals surface area contributed by atoms with Crippen molar-refractivity contribution in [3.8, 4) is 0 Å². The number of amides is 1. The van der Waals surface area contributed by atoms with Crippen LogP contribution in [0.2, 0.25) is 0 Å². The van der Waals surface area contributed by atoms with Crippen LogP contribution in [0.25, 0.3) is 10.9 Å². The van der Waals surface area contributed by atoms with E-state index in [9.17, 15) is 9.59 Å². The zero-order chi connectivity index (χ0) is 19.1. The predicted molar refractivity (Wildman–Crippen MR) is 106 cm³/mol. The van der Waals surface area contributed by atoms with Crippen molar-refractivity contribution in [3.63, 3.8) is 0 Å². The molecular weight excluding hydrogens is 326 g/mol. The highest BCUT2D eigenvalue weighted by molar-refractivity contribution is 5.78. The van der Waals surface area contributed by atoms with Crippen LogP contribution in [-0.2, 0) is 11.3 Å². The number of hydrogen-bond acceptors (Lipinski definition) is 3. The van der Waals surface area contributed by atoms with E-state index in [1.165, 1.54) is 0 Å². The fourth-order valence-corrected chi connectivity index (χ4v) is 3.21. The zero-order valence-corrected chi connectivity index (χ0v) is 16.5. The molecule has 1 atom stereocenters. The average Bonchev–Trinajstić information content (AvgIpc) is 2.66. The number of para-hydroxylation sites is 1. The minimum absolute atomic E-state index is 0.0249. The van der Waals surface area contributed by atoms with Gasteiger partial charge in [0.1, 0.15) is 5.82 Å². The van der Waals surface area contributed by atoms with E-state index in [2.05, 4.69) is 6.92 Å². The minimum Gasteiger partial charge on any atom is -0.336 e. The van der Waals surface area contributed by atoms with E-state index in [0.29, 0.717) is 29.7 Å². The first-order valence-corrected chi connectivity index (χ1v) is 9.76. The second-order valence-corrected chi connectivity index (χ2v) is 6.94. The molecule has 1 aromatic carbocycles. The normalized spacial score (nSPS) is 12.3. The summed E-state index contributed by atoms with van der Waals surface area (Å²) in [7, 11) is 1.81. The lowest BCUT2D eigenvalue weighted by Crippen LogP contribution is -2.35. The van der Waals surface area contributed by atoms with Gasteiger partial charge in [-0.3, -0.25) is 14.2 Å². The SMILES string of the molecule is CCCCCCC(=O)N(C)C(C)c1nc2ccccc2c(=O)n1CCC. The summed E-state index contributed by atoms with van der Waals surface area (Å²) in [6, 6.07) is 7.17. The fraction of sp³-hybridized carbons (Fsp3) is 0.571. The van der Waals surface area contributed by atoms with Crippen LogP contribution in [0.1, 0.15) is 71.2 Å². The van der Waals surface area contributed by atoms with Gasteiger partial charge in [-0.1, -0.05) is 45.2 Å². The van der Waals surface area contributed by atoms with Gasteiger partial charge >= 0.3 is 0 Å². The molecule has 0 fully saturated rings. The van der Waals surface area contributed by atoms with E-state index in [0.717, 1.165) is 32.1 Å². The van der Waals surface area contributed by atoms with Gasteiger partial charge < -0.3 is 4.90 Å². The van der Waals surface area contributed by atoms with Crippen molar-refractivity contribution in [1.29, 1.82) is 0 Å². The third kappa shape index (κ3) is 4.51. The number of fused-ring (bicyclic) bond motifs is 1. The minimum atomic E-state index is -0.238. The Hall–Kier alpha value is -2.17. The molecule has 142 valence electrons. The Bertz CT molecular complexity index is 797. The summed E-state index contributed by atoms with van der Waals surface area (Å²) in [5.74, 6) is 0.777. The summed E-state index contributed by atoms with van der Waals surface area (Å²) >= 11 is 0. The fourth-order valence-electron chi connectivity index (χ4n) is 3.21. The molecule has 2 rings (SSSR count). The van der Waals surface area contributed by atoms with Gasteiger partial charge in [-0.05, 0) is 31.9 Å². The summed E-state index contributed by atoms with van der Waals surface area (Å²) < 4.78 is 1.73. The number of rotatable bonds is 9. The van der Waals surface area contributed by atoms with E-state index >= 15 is 0 Å². The van der Waals surface area contributed by atoms with E-state index in [1.54, 1.807) is 9.47 Å². The molecule has 1 unspecified atom stereocenters. The Kier molecular flexibility index (Phi) is 7.37. The smallest absolute Gasteiger partial charge is 0.261 e. The van der Waals surface area contributed by atoms with Crippen LogP contribution in [-0.4, -0.2) is 27.4 Å². The third-order valence-corrected chi connectivity index (χ3v) is 4.93. The lowest BCUT2D eigenvalue weighted by molar-refractivity contribution is -0.132. The molecule has 1 aromatic heterocycles. The molecule has 0 radical (unpaired) electrons. The molecule has 0 spiro atoms. The van der Waals surface area contributed by atoms with Crippen LogP contribution >= 0.6 is 0 Å². The van der Waals surface area contributed by atoms with Crippen molar-refractivity contribution in [1.82, 2.24) is 14.5 Å². The molecule has 0 N–H and O–H groups in total. The Morgan fingerprint density at radius 3 is 2.58 bits per heavy atom. The van der Waals surface area contributed by atoms with Gasteiger partial charge in [0.05, 0.1) is 16.9 Å². The molecule has 1 amide bonds. The zero-order valence-electron chi connectivity index (χ0n) is 16.5. The highest BCUT2D eigenvalue weighted by atomic mass is 16.2. The number of nitrogens with zero attached hydrogens (tertiary/aromatic N) is 3. The molecule has 0 saturated heterocycles. The van der Waals surface area contributed by atoms with Crippen molar-refractivity contribution in [2.45, 2.75) is 71.9 Å². The lowest BCUT2D eigenvalue weighted by atomic mass is 10.1. The maximum Gasteiger partial charge on any atom is 0.261 e. The number of carbonyl (C=O) groups is 1. The van der Waals surface area contributed by atoms with Crippen LogP contribution in [0.4, 0.5) is 0 Å². The van der Waals surface area contributed by atoms with Gasteiger partial charge in [-0.15, -0.1) is 0 Å². The number of unbranched alkanes of at least 4 members (excludes halogenated alkanes) is 3. The summed E-state index contributed by atoms with van der Waals surface area (Å²) in [6.07, 6.45) is 5.70. The third-order valence-electron chi connectivity index (χ3n) is 4.93. The number of hydrogen-bond donors (Lipinski definition) is 0. The first-order valence-electron chi connectivity index (χ1n) is 9.76. The summed E-state index contributed by atoms with van der Waals surface area (Å²) in [6.45, 7) is 6.76. The molecular formula is C21H31N3O2. The largest absolute Gasteiger partial charge is 0.336 e. The highest BCUT2D eigenvalue weighted by Gasteiger charge is 2.22. The van der Waals surface area contributed by atoms with Crippen molar-refractivity contribution >= 4 is 16.8 Å². The van der Waals surface area contributed by atoms with Gasteiger partial charge in [0.25, 0.3) is 5.56 Å². The van der Waals surface area contributed by atoms with Gasteiger partial charge in [0.2, 0.25) is 5.91 Å². The first-order chi connectivity index (χ1) is 12.5. The van der Waals surface area contributed by atoms with Crippen molar-refractivity contribution in [2.24, 2.45) is 0 Å². The van der Waals surface area contributed by atoms with E-state index in [1.807, 2.05) is 45.2 Å². The van der Waals surface area contributed by atoms with Gasteiger partial charge in [-0.2, -0.15) is 0 Å². The number of aromatic nitrogens is 2. The standard InChI is InChI=1S/C21H31N3O2/c1-5-7-8-9-14-19(25)23(4)16(3)20-22-18-13-11-10-12-17(18)21(26)24(20)15-6-2/h10-13,16H,5-9,14-15H2,1-4H3. The van der Waals surface area contributed by atoms with Gasteiger partial charge in [-0.25, -0.2) is 4.98 Å². The average molecular weight is 357 g/mol. The van der Waals surface area contributed by atoms with Gasteiger partial charge in [0, 0.05) is 20.0 Å². The second-order valence-electron chi connectivity index (χ2n) is 6.94. The summed E-state index contributed by atoms with van der Waals surface area (Å²) in [5.41, 5.74) is 0.665. The molecule has 5 nitrogen and oxygen atoms in total. The Balaban J connectivity index is 2.30. The van der Waals surface area contributed by atoms with Crippen LogP contribution in [0.5, 0.6) is 0 Å². The number of benzene rings is 1. The Labute approximate surface area is 156 Å². The molecule has 0 aliphatic carbocycles. The molecule has 0 bridgehead atoms. The lowest BCUT2D eigenvalue weighted by Gasteiger charge is -2.27. The van der Waals surface area contributed by atoms with Crippen LogP contribution < -0.4 is 5.56 Å². The summed E-state index contributed by atoms with van der Waals surface area (Å²) in [4.78, 5) is 31.9. The molecule has 1 heterocycles. The van der Waals surface area contributed by atoms with Crippen molar-refractivity contribution in [2.75, 3.05) is 7.05 Å².